The van der Waals surface area contributed by atoms with Crippen molar-refractivity contribution in [3.63, 3.8) is 0 Å². The number of aldehydes is 1. The molecule has 0 amide bonds. The first-order valence-electron chi connectivity index (χ1n) is 5.79. The van der Waals surface area contributed by atoms with E-state index >= 15 is 0 Å². The standard InChI is InChI=1S/C15H11FO4/c16-13-5-11(8-17)6-14(7-13)20-9-10-2-1-3-12(4-10)15(18)19/h1-8H,9H2,(H,18,19). The molecular formula is C15H11FO4. The first kappa shape index (κ1) is 13.7. The molecule has 4 nitrogen and oxygen atoms in total. The Kier molecular flexibility index (Phi) is 4.10. The second-order valence-corrected chi connectivity index (χ2v) is 4.13. The summed E-state index contributed by atoms with van der Waals surface area (Å²) in [6, 6.07) is 9.92. The third kappa shape index (κ3) is 3.41. The number of rotatable bonds is 5. The number of hydrogen-bond acceptors (Lipinski definition) is 3. The largest absolute Gasteiger partial charge is 0.489 e. The molecule has 2 aromatic rings. The summed E-state index contributed by atoms with van der Waals surface area (Å²) in [5.74, 6) is -1.38. The van der Waals surface area contributed by atoms with Gasteiger partial charge in [0, 0.05) is 11.6 Å². The molecule has 0 saturated carbocycles. The van der Waals surface area contributed by atoms with Crippen molar-refractivity contribution in [3.05, 3.63) is 65.0 Å². The summed E-state index contributed by atoms with van der Waals surface area (Å²) in [5, 5.41) is 8.87. The van der Waals surface area contributed by atoms with Gasteiger partial charge in [-0.15, -0.1) is 0 Å². The lowest BCUT2D eigenvalue weighted by atomic mass is 10.1. The number of halogens is 1. The highest BCUT2D eigenvalue weighted by atomic mass is 19.1. The van der Waals surface area contributed by atoms with Crippen LogP contribution in [-0.4, -0.2) is 17.4 Å². The lowest BCUT2D eigenvalue weighted by Gasteiger charge is -2.07. The number of ether oxygens (including phenoxy) is 1. The van der Waals surface area contributed by atoms with E-state index in [1.165, 1.54) is 18.2 Å². The van der Waals surface area contributed by atoms with Crippen LogP contribution in [0, 0.1) is 5.82 Å². The molecule has 0 radical (unpaired) electrons. The Labute approximate surface area is 114 Å². The summed E-state index contributed by atoms with van der Waals surface area (Å²) in [6.45, 7) is 0.0862. The highest BCUT2D eigenvalue weighted by Crippen LogP contribution is 2.17. The van der Waals surface area contributed by atoms with Crippen LogP contribution in [0.4, 0.5) is 4.39 Å². The van der Waals surface area contributed by atoms with Crippen LogP contribution in [-0.2, 0) is 6.61 Å². The number of carbonyl (C=O) groups excluding carboxylic acids is 1. The Morgan fingerprint density at radius 1 is 1.25 bits per heavy atom. The minimum Gasteiger partial charge on any atom is -0.489 e. The summed E-state index contributed by atoms with van der Waals surface area (Å²) in [6.07, 6.45) is 0.529. The van der Waals surface area contributed by atoms with Crippen molar-refractivity contribution >= 4 is 12.3 Å². The Morgan fingerprint density at radius 3 is 2.75 bits per heavy atom. The molecule has 0 spiro atoms. The highest BCUT2D eigenvalue weighted by Gasteiger charge is 2.05. The summed E-state index contributed by atoms with van der Waals surface area (Å²) in [5.41, 5.74) is 0.972. The zero-order chi connectivity index (χ0) is 14.5. The maximum atomic E-state index is 13.2. The molecule has 0 fully saturated rings. The van der Waals surface area contributed by atoms with Crippen molar-refractivity contribution < 1.29 is 23.8 Å². The van der Waals surface area contributed by atoms with Gasteiger partial charge in [-0.05, 0) is 29.8 Å². The SMILES string of the molecule is O=Cc1cc(F)cc(OCc2cccc(C(=O)O)c2)c1. The van der Waals surface area contributed by atoms with Crippen LogP contribution < -0.4 is 4.74 Å². The molecule has 0 atom stereocenters. The van der Waals surface area contributed by atoms with E-state index in [1.54, 1.807) is 12.1 Å². The predicted molar refractivity (Wildman–Crippen MR) is 69.5 cm³/mol. The number of carboxylic acids is 1. The van der Waals surface area contributed by atoms with Gasteiger partial charge in [0.2, 0.25) is 0 Å². The van der Waals surface area contributed by atoms with E-state index in [-0.39, 0.29) is 23.5 Å². The van der Waals surface area contributed by atoms with E-state index in [9.17, 15) is 14.0 Å². The fraction of sp³-hybridized carbons (Fsp3) is 0.0667. The third-order valence-electron chi connectivity index (χ3n) is 2.61. The Bertz CT molecular complexity index is 652. The van der Waals surface area contributed by atoms with E-state index in [0.29, 0.717) is 11.8 Å². The summed E-state index contributed by atoms with van der Waals surface area (Å²) in [7, 11) is 0. The molecule has 0 aromatic heterocycles. The smallest absolute Gasteiger partial charge is 0.335 e. The van der Waals surface area contributed by atoms with Crippen LogP contribution in [0.1, 0.15) is 26.3 Å². The molecular weight excluding hydrogens is 263 g/mol. The Morgan fingerprint density at radius 2 is 2.05 bits per heavy atom. The van der Waals surface area contributed by atoms with Gasteiger partial charge in [0.1, 0.15) is 24.5 Å². The van der Waals surface area contributed by atoms with Crippen LogP contribution in [0.15, 0.2) is 42.5 Å². The number of carboxylic acid groups (broad SMARTS) is 1. The molecule has 20 heavy (non-hydrogen) atoms. The zero-order valence-corrected chi connectivity index (χ0v) is 10.4. The van der Waals surface area contributed by atoms with Crippen molar-refractivity contribution in [1.82, 2.24) is 0 Å². The molecule has 102 valence electrons. The molecule has 0 bridgehead atoms. The van der Waals surface area contributed by atoms with Crippen LogP contribution >= 0.6 is 0 Å². The molecule has 0 aliphatic carbocycles. The number of carbonyl (C=O) groups is 2. The molecule has 5 heteroatoms. The molecule has 0 aliphatic heterocycles. The lowest BCUT2D eigenvalue weighted by molar-refractivity contribution is 0.0696. The number of benzene rings is 2. The average Bonchev–Trinajstić information content (AvgIpc) is 2.44. The predicted octanol–water partition coefficient (Wildman–Crippen LogP) is 2.92. The quantitative estimate of drug-likeness (QED) is 0.851. The van der Waals surface area contributed by atoms with Crippen molar-refractivity contribution in [2.24, 2.45) is 0 Å². The number of aromatic carboxylic acids is 1. The monoisotopic (exact) mass is 274 g/mol. The van der Waals surface area contributed by atoms with Crippen LogP contribution in [0.25, 0.3) is 0 Å². The van der Waals surface area contributed by atoms with Crippen LogP contribution in [0.5, 0.6) is 5.75 Å². The topological polar surface area (TPSA) is 63.6 Å². The van der Waals surface area contributed by atoms with Gasteiger partial charge in [-0.3, -0.25) is 4.79 Å². The third-order valence-corrected chi connectivity index (χ3v) is 2.61. The summed E-state index contributed by atoms with van der Waals surface area (Å²) in [4.78, 5) is 21.4. The normalized spacial score (nSPS) is 10.1. The van der Waals surface area contributed by atoms with E-state index in [2.05, 4.69) is 0 Å². The van der Waals surface area contributed by atoms with Gasteiger partial charge in [0.05, 0.1) is 5.56 Å². The van der Waals surface area contributed by atoms with Crippen LogP contribution in [0.3, 0.4) is 0 Å². The summed E-state index contributed by atoms with van der Waals surface area (Å²) >= 11 is 0. The Hall–Kier alpha value is -2.69. The molecule has 2 rings (SSSR count). The minimum absolute atomic E-state index is 0.0862. The van der Waals surface area contributed by atoms with Crippen molar-refractivity contribution in [3.8, 4) is 5.75 Å². The molecule has 2 aromatic carbocycles. The maximum absolute atomic E-state index is 13.2. The van der Waals surface area contributed by atoms with E-state index < -0.39 is 11.8 Å². The molecule has 0 aliphatic rings. The van der Waals surface area contributed by atoms with Crippen molar-refractivity contribution in [1.29, 1.82) is 0 Å². The fourth-order valence-electron chi connectivity index (χ4n) is 1.70. The zero-order valence-electron chi connectivity index (χ0n) is 10.4. The fourth-order valence-corrected chi connectivity index (χ4v) is 1.70. The van der Waals surface area contributed by atoms with Gasteiger partial charge in [-0.25, -0.2) is 9.18 Å². The minimum atomic E-state index is -1.03. The molecule has 0 unspecified atom stereocenters. The van der Waals surface area contributed by atoms with Gasteiger partial charge < -0.3 is 9.84 Å². The van der Waals surface area contributed by atoms with Gasteiger partial charge in [-0.2, -0.15) is 0 Å². The van der Waals surface area contributed by atoms with Gasteiger partial charge >= 0.3 is 5.97 Å². The lowest BCUT2D eigenvalue weighted by Crippen LogP contribution is -2.00. The second kappa shape index (κ2) is 5.97. The Balaban J connectivity index is 2.12. The van der Waals surface area contributed by atoms with E-state index in [0.717, 1.165) is 12.1 Å². The maximum Gasteiger partial charge on any atom is 0.335 e. The molecule has 0 heterocycles. The second-order valence-electron chi connectivity index (χ2n) is 4.13. The average molecular weight is 274 g/mol. The number of hydrogen-bond donors (Lipinski definition) is 1. The van der Waals surface area contributed by atoms with Crippen molar-refractivity contribution in [2.75, 3.05) is 0 Å². The van der Waals surface area contributed by atoms with Gasteiger partial charge in [0.15, 0.2) is 0 Å². The highest BCUT2D eigenvalue weighted by molar-refractivity contribution is 5.87. The van der Waals surface area contributed by atoms with E-state index in [4.69, 9.17) is 9.84 Å². The van der Waals surface area contributed by atoms with Gasteiger partial charge in [-0.1, -0.05) is 12.1 Å². The van der Waals surface area contributed by atoms with Crippen molar-refractivity contribution in [2.45, 2.75) is 6.61 Å². The first-order valence-corrected chi connectivity index (χ1v) is 5.79. The van der Waals surface area contributed by atoms with Gasteiger partial charge in [0.25, 0.3) is 0 Å². The summed E-state index contributed by atoms with van der Waals surface area (Å²) < 4.78 is 18.6. The van der Waals surface area contributed by atoms with Crippen LogP contribution in [0.2, 0.25) is 0 Å². The van der Waals surface area contributed by atoms with E-state index in [1.807, 2.05) is 0 Å². The molecule has 0 saturated heterocycles. The molecule has 1 N–H and O–H groups in total. The first-order chi connectivity index (χ1) is 9.58.